The molecule has 0 spiro atoms. The van der Waals surface area contributed by atoms with Gasteiger partial charge in [-0.25, -0.2) is 8.78 Å². The number of anilines is 1. The van der Waals surface area contributed by atoms with Gasteiger partial charge < -0.3 is 5.73 Å². The van der Waals surface area contributed by atoms with Gasteiger partial charge in [0, 0.05) is 4.47 Å². The zero-order chi connectivity index (χ0) is 13.4. The van der Waals surface area contributed by atoms with E-state index in [-0.39, 0.29) is 4.88 Å². The Balaban J connectivity index is 2.52. The van der Waals surface area contributed by atoms with Crippen LogP contribution in [0.1, 0.15) is 15.2 Å². The molecule has 0 aliphatic carbocycles. The van der Waals surface area contributed by atoms with Crippen LogP contribution in [0.3, 0.4) is 0 Å². The number of carbonyl (C=O) groups excluding carboxylic acids is 1. The van der Waals surface area contributed by atoms with Gasteiger partial charge in [-0.3, -0.25) is 4.79 Å². The van der Waals surface area contributed by atoms with Crippen LogP contribution in [0.15, 0.2) is 22.7 Å². The SMILES string of the molecule is Nc1cc(F)cc(C(=O)c2cc(Br)c(Cl)s2)c1F. The second kappa shape index (κ2) is 4.95. The van der Waals surface area contributed by atoms with E-state index >= 15 is 0 Å². The van der Waals surface area contributed by atoms with E-state index in [1.165, 1.54) is 6.07 Å². The Bertz CT molecular complexity index is 625. The van der Waals surface area contributed by atoms with Crippen molar-refractivity contribution < 1.29 is 13.6 Å². The molecule has 2 nitrogen and oxygen atoms in total. The van der Waals surface area contributed by atoms with Gasteiger partial charge in [0.2, 0.25) is 5.78 Å². The first-order valence-corrected chi connectivity index (χ1v) is 6.63. The van der Waals surface area contributed by atoms with E-state index in [9.17, 15) is 13.6 Å². The second-order valence-electron chi connectivity index (χ2n) is 3.42. The molecule has 0 atom stereocenters. The third-order valence-corrected chi connectivity index (χ3v) is 4.65. The molecule has 0 saturated carbocycles. The summed E-state index contributed by atoms with van der Waals surface area (Å²) in [6.45, 7) is 0. The van der Waals surface area contributed by atoms with Crippen molar-refractivity contribution in [3.8, 4) is 0 Å². The first kappa shape index (κ1) is 13.5. The van der Waals surface area contributed by atoms with E-state index in [0.29, 0.717) is 8.81 Å². The number of nitrogen functional groups attached to an aromatic ring is 1. The second-order valence-corrected chi connectivity index (χ2v) is 5.93. The van der Waals surface area contributed by atoms with Crippen molar-refractivity contribution in [3.63, 3.8) is 0 Å². The molecule has 0 unspecified atom stereocenters. The number of rotatable bonds is 2. The van der Waals surface area contributed by atoms with Gasteiger partial charge in [-0.15, -0.1) is 11.3 Å². The smallest absolute Gasteiger partial charge is 0.206 e. The molecule has 0 aliphatic rings. The lowest BCUT2D eigenvalue weighted by Gasteiger charge is -2.03. The molecular weight excluding hydrogens is 348 g/mol. The zero-order valence-corrected chi connectivity index (χ0v) is 11.8. The summed E-state index contributed by atoms with van der Waals surface area (Å²) in [5.74, 6) is -2.35. The van der Waals surface area contributed by atoms with E-state index in [2.05, 4.69) is 15.9 Å². The van der Waals surface area contributed by atoms with Crippen molar-refractivity contribution in [1.82, 2.24) is 0 Å². The van der Waals surface area contributed by atoms with Crippen molar-refractivity contribution in [3.05, 3.63) is 49.1 Å². The molecule has 1 heterocycles. The lowest BCUT2D eigenvalue weighted by atomic mass is 10.1. The van der Waals surface area contributed by atoms with Gasteiger partial charge in [0.25, 0.3) is 0 Å². The van der Waals surface area contributed by atoms with Crippen LogP contribution in [0.4, 0.5) is 14.5 Å². The fourth-order valence-corrected chi connectivity index (χ4v) is 3.02. The summed E-state index contributed by atoms with van der Waals surface area (Å²) in [6.07, 6.45) is 0. The van der Waals surface area contributed by atoms with Gasteiger partial charge in [-0.2, -0.15) is 0 Å². The van der Waals surface area contributed by atoms with Crippen LogP contribution in [-0.4, -0.2) is 5.78 Å². The molecule has 2 aromatic rings. The number of hydrogen-bond acceptors (Lipinski definition) is 3. The van der Waals surface area contributed by atoms with Gasteiger partial charge in [0.1, 0.15) is 10.2 Å². The fraction of sp³-hybridized carbons (Fsp3) is 0. The zero-order valence-electron chi connectivity index (χ0n) is 8.64. The number of benzene rings is 1. The van der Waals surface area contributed by atoms with Crippen molar-refractivity contribution >= 4 is 50.3 Å². The quantitative estimate of drug-likeness (QED) is 0.648. The fourth-order valence-electron chi connectivity index (χ4n) is 1.37. The van der Waals surface area contributed by atoms with Crippen LogP contribution in [0.25, 0.3) is 0 Å². The Morgan fingerprint density at radius 2 is 2.00 bits per heavy atom. The summed E-state index contributed by atoms with van der Waals surface area (Å²) in [6, 6.07) is 3.09. The van der Waals surface area contributed by atoms with Gasteiger partial charge in [-0.1, -0.05) is 11.6 Å². The van der Waals surface area contributed by atoms with Crippen LogP contribution < -0.4 is 5.73 Å². The predicted octanol–water partition coefficient (Wildman–Crippen LogP) is 4.26. The molecular formula is C11H5BrClF2NOS. The molecule has 1 aromatic carbocycles. The average molecular weight is 353 g/mol. The highest BCUT2D eigenvalue weighted by molar-refractivity contribution is 9.10. The number of thiophene rings is 1. The van der Waals surface area contributed by atoms with E-state index in [1.54, 1.807) is 0 Å². The molecule has 7 heteroatoms. The minimum atomic E-state index is -0.929. The molecule has 2 N–H and O–H groups in total. The summed E-state index contributed by atoms with van der Waals surface area (Å²) in [5, 5.41) is 0. The minimum Gasteiger partial charge on any atom is -0.396 e. The molecule has 18 heavy (non-hydrogen) atoms. The highest BCUT2D eigenvalue weighted by Gasteiger charge is 2.20. The normalized spacial score (nSPS) is 10.7. The van der Waals surface area contributed by atoms with Crippen molar-refractivity contribution in [2.75, 3.05) is 5.73 Å². The van der Waals surface area contributed by atoms with E-state index in [4.69, 9.17) is 17.3 Å². The Hall–Kier alpha value is -0.980. The molecule has 0 aliphatic heterocycles. The Kier molecular flexibility index (Phi) is 3.70. The maximum atomic E-state index is 13.7. The van der Waals surface area contributed by atoms with Crippen molar-refractivity contribution in [1.29, 1.82) is 0 Å². The molecule has 0 radical (unpaired) electrons. The molecule has 94 valence electrons. The summed E-state index contributed by atoms with van der Waals surface area (Å²) in [7, 11) is 0. The molecule has 1 aromatic heterocycles. The summed E-state index contributed by atoms with van der Waals surface area (Å²) < 4.78 is 27.7. The lowest BCUT2D eigenvalue weighted by Crippen LogP contribution is -2.06. The molecule has 2 rings (SSSR count). The number of carbonyl (C=O) groups is 1. The predicted molar refractivity (Wildman–Crippen MR) is 71.2 cm³/mol. The number of hydrogen-bond donors (Lipinski definition) is 1. The molecule has 0 saturated heterocycles. The first-order valence-electron chi connectivity index (χ1n) is 4.64. The summed E-state index contributed by atoms with van der Waals surface area (Å²) in [4.78, 5) is 12.2. The third kappa shape index (κ3) is 2.41. The first-order chi connectivity index (χ1) is 8.40. The van der Waals surface area contributed by atoms with Crippen molar-refractivity contribution in [2.24, 2.45) is 0 Å². The number of ketones is 1. The van der Waals surface area contributed by atoms with Crippen molar-refractivity contribution in [2.45, 2.75) is 0 Å². The standard InChI is InChI=1S/C11H5BrClF2NOS/c12-6-3-8(18-11(6)13)10(17)5-1-4(14)2-7(16)9(5)15/h1-3H,16H2. The minimum absolute atomic E-state index is 0.204. The topological polar surface area (TPSA) is 43.1 Å². The largest absolute Gasteiger partial charge is 0.396 e. The Morgan fingerprint density at radius 1 is 1.33 bits per heavy atom. The van der Waals surface area contributed by atoms with Gasteiger partial charge in [-0.05, 0) is 34.1 Å². The maximum absolute atomic E-state index is 13.7. The average Bonchev–Trinajstić information content (AvgIpc) is 2.63. The molecule has 0 amide bonds. The van der Waals surface area contributed by atoms with E-state index < -0.39 is 28.7 Å². The van der Waals surface area contributed by atoms with E-state index in [1.807, 2.05) is 0 Å². The molecule has 0 fully saturated rings. The highest BCUT2D eigenvalue weighted by Crippen LogP contribution is 2.33. The van der Waals surface area contributed by atoms with Crippen LogP contribution in [-0.2, 0) is 0 Å². The lowest BCUT2D eigenvalue weighted by molar-refractivity contribution is 0.103. The van der Waals surface area contributed by atoms with Crippen LogP contribution in [0.2, 0.25) is 4.34 Å². The number of halogens is 4. The third-order valence-electron chi connectivity index (χ3n) is 2.18. The van der Waals surface area contributed by atoms with Crippen LogP contribution in [0.5, 0.6) is 0 Å². The maximum Gasteiger partial charge on any atom is 0.206 e. The summed E-state index contributed by atoms with van der Waals surface area (Å²) in [5.41, 5.74) is 4.47. The molecule has 0 bridgehead atoms. The highest BCUT2D eigenvalue weighted by atomic mass is 79.9. The van der Waals surface area contributed by atoms with Crippen LogP contribution in [0, 0.1) is 11.6 Å². The Morgan fingerprint density at radius 3 is 2.56 bits per heavy atom. The summed E-state index contributed by atoms with van der Waals surface area (Å²) >= 11 is 9.91. The monoisotopic (exact) mass is 351 g/mol. The van der Waals surface area contributed by atoms with Gasteiger partial charge >= 0.3 is 0 Å². The van der Waals surface area contributed by atoms with Crippen LogP contribution >= 0.6 is 38.9 Å². The Labute approximate surface area is 118 Å². The number of nitrogens with two attached hydrogens (primary N) is 1. The van der Waals surface area contributed by atoms with Gasteiger partial charge in [0.15, 0.2) is 5.82 Å². The van der Waals surface area contributed by atoms with E-state index in [0.717, 1.165) is 23.5 Å². The van der Waals surface area contributed by atoms with Gasteiger partial charge in [0.05, 0.1) is 16.1 Å².